The summed E-state index contributed by atoms with van der Waals surface area (Å²) >= 11 is 1.00. The number of ketones is 1. The monoisotopic (exact) mass is 392 g/mol. The summed E-state index contributed by atoms with van der Waals surface area (Å²) in [5.41, 5.74) is 1.57. The van der Waals surface area contributed by atoms with Gasteiger partial charge in [-0.25, -0.2) is 4.57 Å². The Labute approximate surface area is 159 Å². The third kappa shape index (κ3) is 5.55. The Bertz CT molecular complexity index is 741. The van der Waals surface area contributed by atoms with Crippen molar-refractivity contribution in [2.24, 2.45) is 0 Å². The van der Waals surface area contributed by atoms with Crippen molar-refractivity contribution in [3.63, 3.8) is 0 Å². The fraction of sp³-hybridized carbons (Fsp3) is 0.350. The summed E-state index contributed by atoms with van der Waals surface area (Å²) in [5.74, 6) is -0.0911. The van der Waals surface area contributed by atoms with Gasteiger partial charge < -0.3 is 9.05 Å². The van der Waals surface area contributed by atoms with E-state index in [1.54, 1.807) is 26.0 Å². The first-order valence-corrected chi connectivity index (χ1v) is 11.6. The maximum Gasteiger partial charge on any atom is 0.390 e. The molecule has 1 unspecified atom stereocenters. The number of hydrogen-bond donors (Lipinski definition) is 0. The van der Waals surface area contributed by atoms with Crippen LogP contribution in [0.15, 0.2) is 60.7 Å². The van der Waals surface area contributed by atoms with E-state index in [9.17, 15) is 9.36 Å². The Morgan fingerprint density at radius 2 is 1.46 bits per heavy atom. The lowest BCUT2D eigenvalue weighted by Crippen LogP contribution is -2.34. The minimum atomic E-state index is -3.46. The SMILES string of the molecule is CCOP(=O)(OCC)SC(C)(Cc1ccccc1)C(=O)c1ccccc1. The quantitative estimate of drug-likeness (QED) is 0.379. The molecule has 2 aromatic carbocycles. The van der Waals surface area contributed by atoms with Gasteiger partial charge in [-0.2, -0.15) is 0 Å². The number of benzene rings is 2. The van der Waals surface area contributed by atoms with Crippen LogP contribution in [0, 0.1) is 0 Å². The maximum atomic E-state index is 13.3. The summed E-state index contributed by atoms with van der Waals surface area (Å²) in [7, 11) is 0. The van der Waals surface area contributed by atoms with Crippen LogP contribution in [0.25, 0.3) is 0 Å². The molecule has 0 radical (unpaired) electrons. The van der Waals surface area contributed by atoms with Gasteiger partial charge in [0, 0.05) is 5.56 Å². The molecule has 0 aromatic heterocycles. The molecule has 2 rings (SSSR count). The van der Waals surface area contributed by atoms with E-state index in [1.165, 1.54) is 0 Å². The third-order valence-corrected chi connectivity index (χ3v) is 8.41. The zero-order valence-corrected chi connectivity index (χ0v) is 17.1. The van der Waals surface area contributed by atoms with Gasteiger partial charge in [0.05, 0.1) is 18.0 Å². The lowest BCUT2D eigenvalue weighted by atomic mass is 9.92. The number of carbonyl (C=O) groups is 1. The Kier molecular flexibility index (Phi) is 7.66. The fourth-order valence-corrected chi connectivity index (χ4v) is 7.30. The zero-order chi connectivity index (χ0) is 19.0. The highest BCUT2D eigenvalue weighted by Gasteiger charge is 2.43. The van der Waals surface area contributed by atoms with Crippen molar-refractivity contribution in [1.82, 2.24) is 0 Å². The summed E-state index contributed by atoms with van der Waals surface area (Å²) in [6.07, 6.45) is 0.427. The van der Waals surface area contributed by atoms with Crippen molar-refractivity contribution in [3.8, 4) is 0 Å². The molecule has 26 heavy (non-hydrogen) atoms. The molecule has 0 bridgehead atoms. The molecule has 0 spiro atoms. The molecule has 0 fully saturated rings. The van der Waals surface area contributed by atoms with E-state index in [0.29, 0.717) is 12.0 Å². The fourth-order valence-electron chi connectivity index (χ4n) is 2.69. The number of carbonyl (C=O) groups excluding carboxylic acids is 1. The zero-order valence-electron chi connectivity index (χ0n) is 15.4. The summed E-state index contributed by atoms with van der Waals surface area (Å²) in [6, 6.07) is 18.8. The Morgan fingerprint density at radius 1 is 0.962 bits per heavy atom. The molecule has 6 heteroatoms. The van der Waals surface area contributed by atoms with Crippen molar-refractivity contribution in [2.75, 3.05) is 13.2 Å². The molecule has 140 valence electrons. The molecular weight excluding hydrogens is 367 g/mol. The van der Waals surface area contributed by atoms with E-state index in [-0.39, 0.29) is 19.0 Å². The van der Waals surface area contributed by atoms with Crippen LogP contribution in [-0.2, 0) is 20.0 Å². The first-order valence-electron chi connectivity index (χ1n) is 8.66. The second-order valence-electron chi connectivity index (χ2n) is 5.96. The molecule has 0 heterocycles. The average Bonchev–Trinajstić information content (AvgIpc) is 2.62. The van der Waals surface area contributed by atoms with Gasteiger partial charge in [-0.15, -0.1) is 0 Å². The Morgan fingerprint density at radius 3 is 1.96 bits per heavy atom. The lowest BCUT2D eigenvalue weighted by molar-refractivity contribution is 0.0949. The van der Waals surface area contributed by atoms with E-state index in [4.69, 9.17) is 9.05 Å². The average molecular weight is 392 g/mol. The largest absolute Gasteiger partial charge is 0.390 e. The topological polar surface area (TPSA) is 52.6 Å². The Balaban J connectivity index is 2.40. The molecule has 0 saturated carbocycles. The van der Waals surface area contributed by atoms with Crippen molar-refractivity contribution in [1.29, 1.82) is 0 Å². The highest BCUT2D eigenvalue weighted by Crippen LogP contribution is 2.66. The van der Waals surface area contributed by atoms with Crippen LogP contribution >= 0.6 is 18.2 Å². The minimum absolute atomic E-state index is 0.0911. The highest BCUT2D eigenvalue weighted by molar-refractivity contribution is 8.56. The van der Waals surface area contributed by atoms with E-state index in [0.717, 1.165) is 16.9 Å². The normalized spacial score (nSPS) is 14.0. The summed E-state index contributed by atoms with van der Waals surface area (Å²) in [5, 5.41) is 0. The highest BCUT2D eigenvalue weighted by atomic mass is 32.7. The van der Waals surface area contributed by atoms with Crippen LogP contribution in [0.1, 0.15) is 36.7 Å². The number of hydrogen-bond acceptors (Lipinski definition) is 5. The van der Waals surface area contributed by atoms with Crippen LogP contribution in [0.4, 0.5) is 0 Å². The number of Topliss-reactive ketones (excluding diaryl/α,β-unsaturated/α-hetero) is 1. The molecule has 2 aromatic rings. The van der Waals surface area contributed by atoms with Gasteiger partial charge in [-0.05, 0) is 44.1 Å². The second-order valence-corrected chi connectivity index (χ2v) is 10.3. The van der Waals surface area contributed by atoms with Crippen molar-refractivity contribution >= 4 is 24.0 Å². The van der Waals surface area contributed by atoms with Crippen molar-refractivity contribution < 1.29 is 18.4 Å². The van der Waals surface area contributed by atoms with Crippen LogP contribution in [0.3, 0.4) is 0 Å². The molecule has 0 N–H and O–H groups in total. The minimum Gasteiger partial charge on any atom is -0.301 e. The summed E-state index contributed by atoms with van der Waals surface area (Å²) < 4.78 is 23.0. The van der Waals surface area contributed by atoms with Gasteiger partial charge in [0.2, 0.25) is 0 Å². The van der Waals surface area contributed by atoms with Gasteiger partial charge in [0.1, 0.15) is 0 Å². The molecule has 0 aliphatic carbocycles. The predicted molar refractivity (Wildman–Crippen MR) is 108 cm³/mol. The lowest BCUT2D eigenvalue weighted by Gasteiger charge is -2.30. The van der Waals surface area contributed by atoms with E-state index in [2.05, 4.69) is 0 Å². The standard InChI is InChI=1S/C20H25O4PS/c1-4-23-25(22,24-5-2)26-20(3,16-17-12-8-6-9-13-17)19(21)18-14-10-7-11-15-18/h6-15H,4-5,16H2,1-3H3. The molecular formula is C20H25O4PS. The first kappa shape index (κ1) is 20.9. The van der Waals surface area contributed by atoms with E-state index >= 15 is 0 Å². The first-order chi connectivity index (χ1) is 12.4. The summed E-state index contributed by atoms with van der Waals surface area (Å²) in [4.78, 5) is 13.3. The van der Waals surface area contributed by atoms with Gasteiger partial charge in [-0.3, -0.25) is 4.79 Å². The third-order valence-electron chi connectivity index (χ3n) is 3.79. The van der Waals surface area contributed by atoms with Crippen molar-refractivity contribution in [3.05, 3.63) is 71.8 Å². The van der Waals surface area contributed by atoms with Crippen LogP contribution in [0.2, 0.25) is 0 Å². The van der Waals surface area contributed by atoms with Gasteiger partial charge in [0.15, 0.2) is 5.78 Å². The molecule has 0 aliphatic heterocycles. The van der Waals surface area contributed by atoms with E-state index < -0.39 is 11.5 Å². The van der Waals surface area contributed by atoms with Crippen LogP contribution in [-0.4, -0.2) is 23.7 Å². The Hall–Kier alpha value is -1.39. The summed E-state index contributed by atoms with van der Waals surface area (Å²) in [6.45, 7) is 2.39. The second kappa shape index (κ2) is 9.52. The molecule has 4 nitrogen and oxygen atoms in total. The van der Waals surface area contributed by atoms with Crippen LogP contribution < -0.4 is 0 Å². The smallest absolute Gasteiger partial charge is 0.301 e. The van der Waals surface area contributed by atoms with Gasteiger partial charge in [-0.1, -0.05) is 60.7 Å². The number of rotatable bonds is 10. The van der Waals surface area contributed by atoms with E-state index in [1.807, 2.05) is 55.5 Å². The molecule has 0 amide bonds. The maximum absolute atomic E-state index is 13.3. The van der Waals surface area contributed by atoms with Crippen LogP contribution in [0.5, 0.6) is 0 Å². The molecule has 0 aliphatic rings. The molecule has 0 saturated heterocycles. The van der Waals surface area contributed by atoms with Crippen molar-refractivity contribution in [2.45, 2.75) is 31.9 Å². The van der Waals surface area contributed by atoms with Gasteiger partial charge in [0.25, 0.3) is 0 Å². The predicted octanol–water partition coefficient (Wildman–Crippen LogP) is 5.79. The van der Waals surface area contributed by atoms with Gasteiger partial charge >= 0.3 is 6.80 Å². The molecule has 1 atom stereocenters.